The van der Waals surface area contributed by atoms with Crippen LogP contribution in [0.4, 0.5) is 0 Å². The van der Waals surface area contributed by atoms with Gasteiger partial charge in [0.15, 0.2) is 5.96 Å². The maximum Gasteiger partial charge on any atom is 0.193 e. The van der Waals surface area contributed by atoms with Gasteiger partial charge in [-0.15, -0.1) is 11.8 Å². The zero-order valence-corrected chi connectivity index (χ0v) is 17.0. The second kappa shape index (κ2) is 7.43. The van der Waals surface area contributed by atoms with Gasteiger partial charge in [-0.25, -0.2) is 0 Å². The molecule has 1 aliphatic carbocycles. The third-order valence-electron chi connectivity index (χ3n) is 6.41. The Labute approximate surface area is 161 Å². The maximum absolute atomic E-state index is 5.93. The second-order valence-corrected chi connectivity index (χ2v) is 9.55. The fourth-order valence-corrected chi connectivity index (χ4v) is 6.00. The van der Waals surface area contributed by atoms with Gasteiger partial charge in [-0.2, -0.15) is 0 Å². The third kappa shape index (κ3) is 3.36. The van der Waals surface area contributed by atoms with Gasteiger partial charge in [0.05, 0.1) is 6.10 Å². The molecule has 0 spiro atoms. The van der Waals surface area contributed by atoms with Crippen molar-refractivity contribution in [1.29, 1.82) is 0 Å². The number of fused-ring (bicyclic) bond motifs is 1. The first-order valence-corrected chi connectivity index (χ1v) is 10.9. The van der Waals surface area contributed by atoms with Gasteiger partial charge in [0, 0.05) is 54.8 Å². The topological polar surface area (TPSA) is 36.9 Å². The van der Waals surface area contributed by atoms with Crippen molar-refractivity contribution in [3.63, 3.8) is 0 Å². The van der Waals surface area contributed by atoms with E-state index in [1.54, 1.807) is 0 Å². The van der Waals surface area contributed by atoms with Crippen LogP contribution >= 0.6 is 11.8 Å². The molecule has 3 aliphatic rings. The van der Waals surface area contributed by atoms with Gasteiger partial charge in [0.1, 0.15) is 0 Å². The molecule has 3 fully saturated rings. The lowest BCUT2D eigenvalue weighted by Crippen LogP contribution is -2.68. The Morgan fingerprint density at radius 2 is 2.12 bits per heavy atom. The fourth-order valence-electron chi connectivity index (χ4n) is 4.95. The van der Waals surface area contributed by atoms with Crippen LogP contribution in [-0.2, 0) is 4.74 Å². The highest BCUT2D eigenvalue weighted by Gasteiger charge is 2.59. The Kier molecular flexibility index (Phi) is 5.20. The highest BCUT2D eigenvalue weighted by atomic mass is 32.2. The molecule has 1 aromatic carbocycles. The predicted molar refractivity (Wildman–Crippen MR) is 109 cm³/mol. The van der Waals surface area contributed by atoms with E-state index in [0.717, 1.165) is 31.6 Å². The van der Waals surface area contributed by atoms with Crippen molar-refractivity contribution < 1.29 is 4.74 Å². The molecule has 5 heteroatoms. The van der Waals surface area contributed by atoms with E-state index in [0.29, 0.717) is 18.1 Å². The molecule has 4 unspecified atom stereocenters. The van der Waals surface area contributed by atoms with Crippen molar-refractivity contribution in [3.8, 4) is 0 Å². The standard InChI is InChI=1S/C21H31N3OS/c1-21(2)18(17-10-12-25-19(17)21)23-20(22-3)24-11-9-15(13-24)14-26-16-7-5-4-6-8-16/h4-8,15,17-19H,9-14H2,1-3H3,(H,22,23). The molecule has 1 N–H and O–H groups in total. The van der Waals surface area contributed by atoms with Crippen LogP contribution in [-0.4, -0.2) is 55.5 Å². The highest BCUT2D eigenvalue weighted by Crippen LogP contribution is 2.52. The van der Waals surface area contributed by atoms with Crippen LogP contribution < -0.4 is 5.32 Å². The lowest BCUT2D eigenvalue weighted by Gasteiger charge is -2.55. The lowest BCUT2D eigenvalue weighted by atomic mass is 9.57. The number of nitrogens with zero attached hydrogens (tertiary/aromatic N) is 2. The molecule has 26 heavy (non-hydrogen) atoms. The Bertz CT molecular complexity index is 648. The molecule has 4 rings (SSSR count). The van der Waals surface area contributed by atoms with Gasteiger partial charge < -0.3 is 15.0 Å². The molecular weight excluding hydrogens is 342 g/mol. The van der Waals surface area contributed by atoms with Gasteiger partial charge >= 0.3 is 0 Å². The van der Waals surface area contributed by atoms with Crippen molar-refractivity contribution in [2.24, 2.45) is 22.2 Å². The molecule has 1 saturated carbocycles. The SMILES string of the molecule is CN=C(NC1C2CCOC2C1(C)C)N1CCC(CSc2ccccc2)C1. The minimum atomic E-state index is 0.194. The summed E-state index contributed by atoms with van der Waals surface area (Å²) in [6.45, 7) is 7.79. The van der Waals surface area contributed by atoms with Crippen molar-refractivity contribution >= 4 is 17.7 Å². The minimum absolute atomic E-state index is 0.194. The van der Waals surface area contributed by atoms with E-state index >= 15 is 0 Å². The summed E-state index contributed by atoms with van der Waals surface area (Å²) in [7, 11) is 1.92. The van der Waals surface area contributed by atoms with E-state index in [-0.39, 0.29) is 5.41 Å². The summed E-state index contributed by atoms with van der Waals surface area (Å²) in [6, 6.07) is 11.2. The number of likely N-dealkylation sites (tertiary alicyclic amines) is 1. The highest BCUT2D eigenvalue weighted by molar-refractivity contribution is 7.99. The zero-order valence-electron chi connectivity index (χ0n) is 16.1. The number of hydrogen-bond donors (Lipinski definition) is 1. The summed E-state index contributed by atoms with van der Waals surface area (Å²) in [5.41, 5.74) is 0.194. The van der Waals surface area contributed by atoms with Crippen LogP contribution in [0, 0.1) is 17.3 Å². The van der Waals surface area contributed by atoms with Gasteiger partial charge in [-0.1, -0.05) is 32.0 Å². The van der Waals surface area contributed by atoms with Gasteiger partial charge in [-0.05, 0) is 30.9 Å². The number of rotatable bonds is 4. The molecule has 2 aliphatic heterocycles. The van der Waals surface area contributed by atoms with Crippen molar-refractivity contribution in [1.82, 2.24) is 10.2 Å². The molecule has 4 atom stereocenters. The van der Waals surface area contributed by atoms with E-state index in [4.69, 9.17) is 4.74 Å². The largest absolute Gasteiger partial charge is 0.377 e. The second-order valence-electron chi connectivity index (χ2n) is 8.46. The molecule has 2 heterocycles. The molecule has 0 radical (unpaired) electrons. The average Bonchev–Trinajstić information content (AvgIpc) is 3.30. The van der Waals surface area contributed by atoms with Crippen LogP contribution in [0.15, 0.2) is 40.2 Å². The van der Waals surface area contributed by atoms with Crippen LogP contribution in [0.2, 0.25) is 0 Å². The first kappa shape index (κ1) is 18.2. The van der Waals surface area contributed by atoms with Gasteiger partial charge in [-0.3, -0.25) is 4.99 Å². The number of ether oxygens (including phenoxy) is 1. The normalized spacial score (nSPS) is 33.0. The Hall–Kier alpha value is -1.20. The van der Waals surface area contributed by atoms with E-state index in [1.165, 1.54) is 23.5 Å². The van der Waals surface area contributed by atoms with E-state index in [1.807, 2.05) is 18.8 Å². The first-order chi connectivity index (χ1) is 12.6. The summed E-state index contributed by atoms with van der Waals surface area (Å²) in [5.74, 6) is 3.65. The Morgan fingerprint density at radius 3 is 2.88 bits per heavy atom. The van der Waals surface area contributed by atoms with Crippen LogP contribution in [0.3, 0.4) is 0 Å². The van der Waals surface area contributed by atoms with Crippen LogP contribution in [0.5, 0.6) is 0 Å². The van der Waals surface area contributed by atoms with Crippen molar-refractivity contribution in [3.05, 3.63) is 30.3 Å². The number of nitrogens with one attached hydrogen (secondary N) is 1. The summed E-state index contributed by atoms with van der Waals surface area (Å²) in [5, 5.41) is 3.79. The molecular formula is C21H31N3OS. The molecule has 142 valence electrons. The van der Waals surface area contributed by atoms with Crippen molar-refractivity contribution in [2.75, 3.05) is 32.5 Å². The zero-order chi connectivity index (χ0) is 18.1. The predicted octanol–water partition coefficient (Wildman–Crippen LogP) is 3.49. The summed E-state index contributed by atoms with van der Waals surface area (Å²) >= 11 is 1.98. The van der Waals surface area contributed by atoms with Gasteiger partial charge in [0.2, 0.25) is 0 Å². The molecule has 1 aromatic rings. The number of hydrogen-bond acceptors (Lipinski definition) is 3. The molecule has 0 aromatic heterocycles. The Balaban J connectivity index is 1.31. The number of aliphatic imine (C=N–C) groups is 1. The fraction of sp³-hybridized carbons (Fsp3) is 0.667. The van der Waals surface area contributed by atoms with Crippen molar-refractivity contribution in [2.45, 2.75) is 43.7 Å². The number of thioether (sulfide) groups is 1. The number of benzene rings is 1. The minimum Gasteiger partial charge on any atom is -0.377 e. The number of guanidine groups is 1. The smallest absolute Gasteiger partial charge is 0.193 e. The molecule has 2 saturated heterocycles. The van der Waals surface area contributed by atoms with E-state index in [9.17, 15) is 0 Å². The maximum atomic E-state index is 5.93. The third-order valence-corrected chi connectivity index (χ3v) is 7.65. The average molecular weight is 374 g/mol. The summed E-state index contributed by atoms with van der Waals surface area (Å²) in [6.07, 6.45) is 2.86. The molecule has 0 bridgehead atoms. The van der Waals surface area contributed by atoms with Crippen LogP contribution in [0.1, 0.15) is 26.7 Å². The monoisotopic (exact) mass is 373 g/mol. The summed E-state index contributed by atoms with van der Waals surface area (Å²) < 4.78 is 5.93. The molecule has 0 amide bonds. The van der Waals surface area contributed by atoms with E-state index in [2.05, 4.69) is 59.4 Å². The Morgan fingerprint density at radius 1 is 1.31 bits per heavy atom. The summed E-state index contributed by atoms with van der Waals surface area (Å²) in [4.78, 5) is 8.43. The van der Waals surface area contributed by atoms with Crippen LogP contribution in [0.25, 0.3) is 0 Å². The lowest BCUT2D eigenvalue weighted by molar-refractivity contribution is -0.107. The quantitative estimate of drug-likeness (QED) is 0.498. The van der Waals surface area contributed by atoms with Gasteiger partial charge in [0.25, 0.3) is 0 Å². The van der Waals surface area contributed by atoms with E-state index < -0.39 is 0 Å². The first-order valence-electron chi connectivity index (χ1n) is 9.87. The molecule has 4 nitrogen and oxygen atoms in total.